The summed E-state index contributed by atoms with van der Waals surface area (Å²) in [4.78, 5) is 6.96. The molecule has 0 N–H and O–H groups in total. The van der Waals surface area contributed by atoms with Crippen LogP contribution in [0.25, 0.3) is 0 Å². The Morgan fingerprint density at radius 2 is 1.34 bits per heavy atom. The van der Waals surface area contributed by atoms with Crippen LogP contribution in [0.15, 0.2) is 97.2 Å². The second kappa shape index (κ2) is 12.5. The summed E-state index contributed by atoms with van der Waals surface area (Å²) >= 11 is 0. The topological polar surface area (TPSA) is 25.4 Å². The van der Waals surface area contributed by atoms with Gasteiger partial charge in [-0.1, -0.05) is 98.3 Å². The minimum absolute atomic E-state index is 0. The van der Waals surface area contributed by atoms with E-state index in [2.05, 4.69) is 166 Å². The zero-order chi connectivity index (χ0) is 35.0. The van der Waals surface area contributed by atoms with E-state index in [0.29, 0.717) is 16.0 Å². The van der Waals surface area contributed by atoms with Crippen LogP contribution >= 0.6 is 0 Å². The zero-order valence-corrected chi connectivity index (χ0v) is 33.3. The number of anilines is 3. The van der Waals surface area contributed by atoms with E-state index in [-0.39, 0.29) is 37.3 Å². The van der Waals surface area contributed by atoms with E-state index in [9.17, 15) is 0 Å². The summed E-state index contributed by atoms with van der Waals surface area (Å²) in [5, 5.41) is 0. The number of nitrogens with zero attached hydrogens (tertiary/aromatic N) is 4. The SMILES string of the molecule is CC(C)(C)c1cc(Oc2[c-]c(N(c3ccccc3)c3cc(C(C)(C)C)ccn3)ccc2)[c-]c([N@@+]23[CH-][N@@+](C)(C2)c2cc(C(C)(C)C)ccc23)c1.[Pt]. The fraction of sp³-hybridized carbons (Fsp3) is 0.318. The van der Waals surface area contributed by atoms with Crippen molar-refractivity contribution in [3.63, 3.8) is 0 Å². The van der Waals surface area contributed by atoms with Gasteiger partial charge in [-0.2, -0.15) is 6.07 Å². The number of rotatable bonds is 6. The number of ether oxygens (including phenoxy) is 1. The van der Waals surface area contributed by atoms with Gasteiger partial charge in [0.15, 0.2) is 18.0 Å². The third-order valence-corrected chi connectivity index (χ3v) is 9.99. The van der Waals surface area contributed by atoms with Gasteiger partial charge in [-0.3, -0.25) is 0 Å². The molecule has 1 saturated heterocycles. The summed E-state index contributed by atoms with van der Waals surface area (Å²) in [5.41, 5.74) is 9.44. The second-order valence-corrected chi connectivity index (χ2v) is 17.0. The maximum Gasteiger partial charge on any atom is 0.179 e. The Bertz CT molecular complexity index is 2030. The molecule has 5 aromatic rings. The van der Waals surface area contributed by atoms with Gasteiger partial charge in [0.1, 0.15) is 5.82 Å². The number of benzene rings is 4. The molecule has 0 radical (unpaired) electrons. The van der Waals surface area contributed by atoms with E-state index in [1.165, 1.54) is 28.1 Å². The van der Waals surface area contributed by atoms with Gasteiger partial charge in [-0.25, -0.2) is 4.98 Å². The predicted molar refractivity (Wildman–Crippen MR) is 204 cm³/mol. The molecule has 0 spiro atoms. The summed E-state index contributed by atoms with van der Waals surface area (Å²) in [6.45, 7) is 23.7. The largest absolute Gasteiger partial charge is 0.509 e. The molecule has 50 heavy (non-hydrogen) atoms. The van der Waals surface area contributed by atoms with Crippen molar-refractivity contribution in [2.45, 2.75) is 78.6 Å². The normalized spacial score (nSPS) is 19.6. The van der Waals surface area contributed by atoms with Crippen LogP contribution in [0, 0.1) is 18.8 Å². The number of aromatic nitrogens is 1. The maximum atomic E-state index is 6.71. The minimum Gasteiger partial charge on any atom is -0.509 e. The molecule has 0 saturated carbocycles. The number of hydrogen-bond acceptors (Lipinski definition) is 3. The molecular formula is C44H49N4OPt-. The molecule has 4 aromatic carbocycles. The van der Waals surface area contributed by atoms with E-state index in [1.54, 1.807) is 0 Å². The second-order valence-electron chi connectivity index (χ2n) is 17.0. The summed E-state index contributed by atoms with van der Waals surface area (Å²) in [7, 11) is 2.31. The molecule has 0 amide bonds. The van der Waals surface area contributed by atoms with Gasteiger partial charge >= 0.3 is 0 Å². The Hall–Kier alpha value is -3.76. The van der Waals surface area contributed by atoms with Gasteiger partial charge in [0.2, 0.25) is 0 Å². The van der Waals surface area contributed by atoms with Crippen molar-refractivity contribution >= 4 is 34.3 Å². The van der Waals surface area contributed by atoms with Crippen LogP contribution in [-0.2, 0) is 37.3 Å². The first-order valence-corrected chi connectivity index (χ1v) is 17.3. The number of hydrogen-bond donors (Lipinski definition) is 0. The molecule has 3 aliphatic rings. The van der Waals surface area contributed by atoms with Gasteiger partial charge < -0.3 is 18.6 Å². The average Bonchev–Trinajstić information content (AvgIpc) is 3.43. The van der Waals surface area contributed by atoms with E-state index in [0.717, 1.165) is 34.0 Å². The average molecular weight is 845 g/mol. The zero-order valence-electron chi connectivity index (χ0n) is 31.0. The minimum atomic E-state index is -0.0820. The summed E-state index contributed by atoms with van der Waals surface area (Å²) < 4.78 is 8.19. The first-order chi connectivity index (χ1) is 23.0. The molecule has 4 heterocycles. The molecule has 6 heteroatoms. The third-order valence-electron chi connectivity index (χ3n) is 9.99. The Morgan fingerprint density at radius 3 is 2.00 bits per heavy atom. The Kier molecular flexibility index (Phi) is 8.99. The smallest absolute Gasteiger partial charge is 0.179 e. The van der Waals surface area contributed by atoms with Gasteiger partial charge in [0.25, 0.3) is 0 Å². The molecule has 1 fully saturated rings. The molecule has 8 rings (SSSR count). The van der Waals surface area contributed by atoms with Crippen molar-refractivity contribution in [3.8, 4) is 11.5 Å². The van der Waals surface area contributed by atoms with E-state index in [1.807, 2.05) is 24.4 Å². The van der Waals surface area contributed by atoms with Crippen molar-refractivity contribution in [3.05, 3.63) is 133 Å². The Labute approximate surface area is 314 Å². The molecule has 0 aliphatic carbocycles. The van der Waals surface area contributed by atoms with Crippen molar-refractivity contribution in [1.29, 1.82) is 0 Å². The van der Waals surface area contributed by atoms with Gasteiger partial charge in [-0.05, 0) is 51.6 Å². The standard InChI is InChI=1S/C44H49N4O.Pt/c1-42(2,3)31-19-20-39-40(25-31)47(10)29-48(39,30-47)36-23-33(44(7,8)9)24-38(28-36)49-37-18-14-17-35(27-37)46(34-15-12-11-13-16-34)41-26-32(21-22-45-41)43(4,5)6;/h11-26,29H,30H2,1-10H3;/q-1;/t47-,48+;/m0./s1. The molecule has 5 nitrogen and oxygen atoms in total. The van der Waals surface area contributed by atoms with Crippen LogP contribution in [-0.4, -0.2) is 18.7 Å². The van der Waals surface area contributed by atoms with Gasteiger partial charge in [0.05, 0.1) is 13.7 Å². The first-order valence-electron chi connectivity index (χ1n) is 17.3. The molecule has 0 unspecified atom stereocenters. The summed E-state index contributed by atoms with van der Waals surface area (Å²) in [6.07, 6.45) is 1.89. The Morgan fingerprint density at radius 1 is 0.680 bits per heavy atom. The van der Waals surface area contributed by atoms with Gasteiger partial charge in [-0.15, -0.1) is 35.9 Å². The van der Waals surface area contributed by atoms with Crippen molar-refractivity contribution in [2.24, 2.45) is 0 Å². The number of pyridine rings is 1. The quantitative estimate of drug-likeness (QED) is 0.126. The molecule has 2 bridgehead atoms. The van der Waals surface area contributed by atoms with Crippen LogP contribution in [0.2, 0.25) is 0 Å². The van der Waals surface area contributed by atoms with Crippen molar-refractivity contribution in [1.82, 2.24) is 14.0 Å². The summed E-state index contributed by atoms with van der Waals surface area (Å²) in [5.74, 6) is 2.16. The molecule has 2 atom stereocenters. The van der Waals surface area contributed by atoms with Crippen LogP contribution in [0.3, 0.4) is 0 Å². The molecule has 1 aromatic heterocycles. The summed E-state index contributed by atoms with van der Waals surface area (Å²) in [6, 6.07) is 39.5. The number of quaternary nitrogens is 2. The molecular weight excluding hydrogens is 796 g/mol. The van der Waals surface area contributed by atoms with Crippen molar-refractivity contribution in [2.75, 3.05) is 18.6 Å². The first kappa shape index (κ1) is 36.0. The molecule has 3 aliphatic heterocycles. The van der Waals surface area contributed by atoms with Crippen molar-refractivity contribution < 1.29 is 25.8 Å². The fourth-order valence-electron chi connectivity index (χ4n) is 7.11. The fourth-order valence-corrected chi connectivity index (χ4v) is 7.11. The number of para-hydroxylation sites is 1. The van der Waals surface area contributed by atoms with E-state index in [4.69, 9.17) is 9.72 Å². The van der Waals surface area contributed by atoms with Crippen LogP contribution in [0.5, 0.6) is 11.5 Å². The van der Waals surface area contributed by atoms with Gasteiger partial charge in [0, 0.05) is 62.3 Å². The monoisotopic (exact) mass is 844 g/mol. The van der Waals surface area contributed by atoms with Crippen LogP contribution in [0.1, 0.15) is 79.0 Å². The third kappa shape index (κ3) is 6.45. The van der Waals surface area contributed by atoms with Crippen LogP contribution < -0.4 is 18.6 Å². The molecule has 262 valence electrons. The van der Waals surface area contributed by atoms with E-state index >= 15 is 0 Å². The predicted octanol–water partition coefficient (Wildman–Crippen LogP) is 11.5. The Balaban J connectivity index is 0.00000432. The van der Waals surface area contributed by atoms with Crippen LogP contribution in [0.4, 0.5) is 34.3 Å². The van der Waals surface area contributed by atoms with E-state index < -0.39 is 0 Å². The maximum absolute atomic E-state index is 6.71.